The highest BCUT2D eigenvalue weighted by Crippen LogP contribution is 2.34. The van der Waals surface area contributed by atoms with E-state index in [1.165, 1.54) is 44.1 Å². The van der Waals surface area contributed by atoms with Crippen LogP contribution >= 0.6 is 0 Å². The Bertz CT molecular complexity index is 313. The normalized spacial score (nSPS) is 20.6. The third-order valence-corrected chi connectivity index (χ3v) is 3.78. The van der Waals surface area contributed by atoms with E-state index in [2.05, 4.69) is 5.43 Å². The van der Waals surface area contributed by atoms with Gasteiger partial charge in [0.15, 0.2) is 0 Å². The third-order valence-electron chi connectivity index (χ3n) is 3.78. The first-order valence-corrected chi connectivity index (χ1v) is 6.33. The van der Waals surface area contributed by atoms with Gasteiger partial charge in [-0.05, 0) is 31.7 Å². The van der Waals surface area contributed by atoms with Crippen LogP contribution in [0.5, 0.6) is 0 Å². The Kier molecular flexibility index (Phi) is 4.02. The van der Waals surface area contributed by atoms with Gasteiger partial charge in [-0.15, -0.1) is 0 Å². The van der Waals surface area contributed by atoms with Crippen molar-refractivity contribution in [3.63, 3.8) is 0 Å². The van der Waals surface area contributed by atoms with Gasteiger partial charge < -0.3 is 4.42 Å². The first kappa shape index (κ1) is 11.7. The monoisotopic (exact) mass is 222 g/mol. The van der Waals surface area contributed by atoms with Crippen molar-refractivity contribution in [2.45, 2.75) is 51.5 Å². The second-order valence-electron chi connectivity index (χ2n) is 4.83. The SMILES string of the molecule is Cc1occc1C(NN)C1CCCCCC1. The van der Waals surface area contributed by atoms with E-state index in [1.807, 2.05) is 13.0 Å². The van der Waals surface area contributed by atoms with Gasteiger partial charge in [-0.3, -0.25) is 11.3 Å². The third kappa shape index (κ3) is 2.47. The Balaban J connectivity index is 2.12. The lowest BCUT2D eigenvalue weighted by Crippen LogP contribution is -2.33. The summed E-state index contributed by atoms with van der Waals surface area (Å²) in [6, 6.07) is 2.31. The van der Waals surface area contributed by atoms with Crippen LogP contribution in [-0.2, 0) is 0 Å². The lowest BCUT2D eigenvalue weighted by atomic mass is 9.88. The average molecular weight is 222 g/mol. The molecule has 0 amide bonds. The first-order valence-electron chi connectivity index (χ1n) is 6.33. The lowest BCUT2D eigenvalue weighted by molar-refractivity contribution is 0.325. The van der Waals surface area contributed by atoms with E-state index in [0.717, 1.165) is 5.76 Å². The van der Waals surface area contributed by atoms with Crippen molar-refractivity contribution in [1.82, 2.24) is 5.43 Å². The van der Waals surface area contributed by atoms with Crippen LogP contribution in [0.25, 0.3) is 0 Å². The second kappa shape index (κ2) is 5.51. The summed E-state index contributed by atoms with van der Waals surface area (Å²) in [7, 11) is 0. The Morgan fingerprint density at radius 3 is 2.50 bits per heavy atom. The van der Waals surface area contributed by atoms with Crippen LogP contribution < -0.4 is 11.3 Å². The molecule has 0 saturated heterocycles. The molecule has 1 fully saturated rings. The molecule has 1 unspecified atom stereocenters. The molecule has 1 heterocycles. The summed E-state index contributed by atoms with van der Waals surface area (Å²) in [6.45, 7) is 2.01. The Hall–Kier alpha value is -0.800. The number of hydrogen-bond acceptors (Lipinski definition) is 3. The molecular formula is C13H22N2O. The smallest absolute Gasteiger partial charge is 0.105 e. The number of furan rings is 1. The van der Waals surface area contributed by atoms with Gasteiger partial charge in [0.05, 0.1) is 12.3 Å². The maximum Gasteiger partial charge on any atom is 0.105 e. The molecule has 90 valence electrons. The minimum Gasteiger partial charge on any atom is -0.469 e. The Morgan fingerprint density at radius 2 is 2.00 bits per heavy atom. The molecule has 2 rings (SSSR count). The molecule has 3 N–H and O–H groups in total. The van der Waals surface area contributed by atoms with Crippen molar-refractivity contribution in [2.24, 2.45) is 11.8 Å². The molecule has 0 aliphatic heterocycles. The first-order chi connectivity index (χ1) is 7.83. The number of nitrogens with one attached hydrogen (secondary N) is 1. The van der Waals surface area contributed by atoms with E-state index in [4.69, 9.17) is 10.3 Å². The summed E-state index contributed by atoms with van der Waals surface area (Å²) in [6.07, 6.45) is 9.72. The van der Waals surface area contributed by atoms with Gasteiger partial charge in [-0.1, -0.05) is 25.7 Å². The summed E-state index contributed by atoms with van der Waals surface area (Å²) < 4.78 is 5.37. The molecule has 1 aliphatic carbocycles. The van der Waals surface area contributed by atoms with Gasteiger partial charge in [-0.25, -0.2) is 0 Å². The van der Waals surface area contributed by atoms with Crippen molar-refractivity contribution >= 4 is 0 Å². The van der Waals surface area contributed by atoms with E-state index in [-0.39, 0.29) is 6.04 Å². The van der Waals surface area contributed by atoms with Crippen molar-refractivity contribution in [2.75, 3.05) is 0 Å². The standard InChI is InChI=1S/C13H22N2O/c1-10-12(8-9-16-10)13(15-14)11-6-4-2-3-5-7-11/h8-9,11,13,15H,2-7,14H2,1H3. The van der Waals surface area contributed by atoms with E-state index in [0.29, 0.717) is 5.92 Å². The topological polar surface area (TPSA) is 51.2 Å². The number of nitrogens with two attached hydrogens (primary N) is 1. The molecule has 0 aromatic carbocycles. The van der Waals surface area contributed by atoms with E-state index in [1.54, 1.807) is 6.26 Å². The minimum absolute atomic E-state index is 0.261. The van der Waals surface area contributed by atoms with Gasteiger partial charge in [0, 0.05) is 5.56 Å². The predicted molar refractivity (Wildman–Crippen MR) is 64.7 cm³/mol. The highest BCUT2D eigenvalue weighted by Gasteiger charge is 2.25. The van der Waals surface area contributed by atoms with E-state index >= 15 is 0 Å². The molecule has 1 saturated carbocycles. The summed E-state index contributed by atoms with van der Waals surface area (Å²) in [5, 5.41) is 0. The summed E-state index contributed by atoms with van der Waals surface area (Å²) in [5.41, 5.74) is 4.21. The van der Waals surface area contributed by atoms with E-state index in [9.17, 15) is 0 Å². The number of hydrogen-bond donors (Lipinski definition) is 2. The van der Waals surface area contributed by atoms with Crippen LogP contribution in [0.4, 0.5) is 0 Å². The quantitative estimate of drug-likeness (QED) is 0.469. The van der Waals surface area contributed by atoms with Crippen molar-refractivity contribution in [1.29, 1.82) is 0 Å². The maximum absolute atomic E-state index is 5.72. The largest absolute Gasteiger partial charge is 0.469 e. The van der Waals surface area contributed by atoms with Crippen LogP contribution in [-0.4, -0.2) is 0 Å². The van der Waals surface area contributed by atoms with Crippen molar-refractivity contribution in [3.05, 3.63) is 23.7 Å². The zero-order valence-corrected chi connectivity index (χ0v) is 10.0. The Labute approximate surface area is 97.4 Å². The summed E-state index contributed by atoms with van der Waals surface area (Å²) in [4.78, 5) is 0. The molecular weight excluding hydrogens is 200 g/mol. The number of rotatable bonds is 3. The van der Waals surface area contributed by atoms with Crippen molar-refractivity contribution in [3.8, 4) is 0 Å². The second-order valence-corrected chi connectivity index (χ2v) is 4.83. The van der Waals surface area contributed by atoms with Crippen LogP contribution in [0.1, 0.15) is 55.9 Å². The van der Waals surface area contributed by atoms with Crippen molar-refractivity contribution < 1.29 is 4.42 Å². The van der Waals surface area contributed by atoms with Crippen LogP contribution in [0, 0.1) is 12.8 Å². The van der Waals surface area contributed by atoms with Gasteiger partial charge in [0.1, 0.15) is 5.76 Å². The maximum atomic E-state index is 5.72. The number of hydrazine groups is 1. The molecule has 3 heteroatoms. The fourth-order valence-corrected chi connectivity index (χ4v) is 2.84. The molecule has 0 bridgehead atoms. The molecule has 16 heavy (non-hydrogen) atoms. The van der Waals surface area contributed by atoms with Crippen LogP contribution in [0.15, 0.2) is 16.7 Å². The lowest BCUT2D eigenvalue weighted by Gasteiger charge is -2.25. The minimum atomic E-state index is 0.261. The molecule has 1 atom stereocenters. The van der Waals surface area contributed by atoms with Gasteiger partial charge >= 0.3 is 0 Å². The highest BCUT2D eigenvalue weighted by molar-refractivity contribution is 5.21. The van der Waals surface area contributed by atoms with Crippen LogP contribution in [0.2, 0.25) is 0 Å². The van der Waals surface area contributed by atoms with Gasteiger partial charge in [-0.2, -0.15) is 0 Å². The molecule has 0 spiro atoms. The molecule has 1 aromatic heterocycles. The van der Waals surface area contributed by atoms with Gasteiger partial charge in [0.2, 0.25) is 0 Å². The summed E-state index contributed by atoms with van der Waals surface area (Å²) in [5.74, 6) is 7.37. The zero-order valence-electron chi connectivity index (χ0n) is 10.0. The predicted octanol–water partition coefficient (Wildman–Crippen LogP) is 3.06. The van der Waals surface area contributed by atoms with Gasteiger partial charge in [0.25, 0.3) is 0 Å². The van der Waals surface area contributed by atoms with Crippen LogP contribution in [0.3, 0.4) is 0 Å². The summed E-state index contributed by atoms with van der Waals surface area (Å²) >= 11 is 0. The number of aryl methyl sites for hydroxylation is 1. The highest BCUT2D eigenvalue weighted by atomic mass is 16.3. The molecule has 3 nitrogen and oxygen atoms in total. The Morgan fingerprint density at radius 1 is 1.31 bits per heavy atom. The zero-order chi connectivity index (χ0) is 11.4. The fourth-order valence-electron chi connectivity index (χ4n) is 2.84. The molecule has 1 aromatic rings. The molecule has 0 radical (unpaired) electrons. The average Bonchev–Trinajstić information content (AvgIpc) is 2.57. The fraction of sp³-hybridized carbons (Fsp3) is 0.692. The van der Waals surface area contributed by atoms with E-state index < -0.39 is 0 Å². The molecule has 1 aliphatic rings.